The maximum Gasteiger partial charge on any atom is 0.111 e. The van der Waals surface area contributed by atoms with Crippen LogP contribution in [0, 0.1) is 0 Å². The van der Waals surface area contributed by atoms with E-state index in [9.17, 15) is 5.11 Å². The van der Waals surface area contributed by atoms with Gasteiger partial charge in [0.15, 0.2) is 0 Å². The van der Waals surface area contributed by atoms with E-state index in [0.717, 1.165) is 5.69 Å². The number of aliphatic hydroxyl groups is 1. The van der Waals surface area contributed by atoms with E-state index in [-0.39, 0.29) is 0 Å². The fraction of sp³-hybridized carbons (Fsp3) is 0.200. The molecule has 0 radical (unpaired) electrons. The van der Waals surface area contributed by atoms with Gasteiger partial charge in [-0.2, -0.15) is 15.0 Å². The monoisotopic (exact) mass is 223 g/mol. The summed E-state index contributed by atoms with van der Waals surface area (Å²) in [5, 5.41) is 18.1. The third-order valence-corrected chi connectivity index (χ3v) is 2.21. The second-order valence-electron chi connectivity index (χ2n) is 3.21. The van der Waals surface area contributed by atoms with Gasteiger partial charge in [-0.25, -0.2) is 0 Å². The summed E-state index contributed by atoms with van der Waals surface area (Å²) in [5.74, 6) is 0. The van der Waals surface area contributed by atoms with Crippen molar-refractivity contribution < 1.29 is 5.11 Å². The van der Waals surface area contributed by atoms with Crippen molar-refractivity contribution in [2.24, 2.45) is 0 Å². The van der Waals surface area contributed by atoms with E-state index in [1.807, 2.05) is 12.1 Å². The summed E-state index contributed by atoms with van der Waals surface area (Å²) < 4.78 is 0. The van der Waals surface area contributed by atoms with E-state index < -0.39 is 6.10 Å². The number of hydrogen-bond donors (Lipinski definition) is 1. The maximum atomic E-state index is 9.30. The average molecular weight is 224 g/mol. The van der Waals surface area contributed by atoms with Gasteiger partial charge in [0.25, 0.3) is 0 Å². The molecule has 2 aromatic rings. The lowest BCUT2D eigenvalue weighted by Crippen LogP contribution is -2.00. The first-order valence-corrected chi connectivity index (χ1v) is 4.91. The van der Waals surface area contributed by atoms with Crippen LogP contribution in [0.15, 0.2) is 30.5 Å². The van der Waals surface area contributed by atoms with Gasteiger partial charge in [-0.1, -0.05) is 17.7 Å². The van der Waals surface area contributed by atoms with E-state index in [1.54, 1.807) is 19.1 Å². The summed E-state index contributed by atoms with van der Waals surface area (Å²) >= 11 is 5.85. The summed E-state index contributed by atoms with van der Waals surface area (Å²) in [7, 11) is 0. The van der Waals surface area contributed by atoms with Crippen LogP contribution in [0.3, 0.4) is 0 Å². The molecule has 0 saturated carbocycles. The van der Waals surface area contributed by atoms with E-state index in [0.29, 0.717) is 10.7 Å². The van der Waals surface area contributed by atoms with Crippen molar-refractivity contribution in [3.63, 3.8) is 0 Å². The molecule has 0 saturated heterocycles. The van der Waals surface area contributed by atoms with Crippen LogP contribution in [0.4, 0.5) is 0 Å². The van der Waals surface area contributed by atoms with Crippen molar-refractivity contribution in [2.75, 3.05) is 0 Å². The first-order chi connectivity index (χ1) is 7.16. The highest BCUT2D eigenvalue weighted by Crippen LogP contribution is 2.14. The Hall–Kier alpha value is -1.39. The third kappa shape index (κ3) is 2.16. The van der Waals surface area contributed by atoms with Gasteiger partial charge in [0.1, 0.15) is 5.69 Å². The zero-order valence-electron chi connectivity index (χ0n) is 8.13. The predicted octanol–water partition coefficient (Wildman–Crippen LogP) is 1.97. The molecule has 1 N–H and O–H groups in total. The molecule has 1 aromatic heterocycles. The SMILES string of the molecule is C[C@@H](O)c1cnn(-c2cccc(Cl)c2)n1. The van der Waals surface area contributed by atoms with Crippen LogP contribution in [-0.4, -0.2) is 20.1 Å². The lowest BCUT2D eigenvalue weighted by Gasteiger charge is -2.00. The van der Waals surface area contributed by atoms with Crippen molar-refractivity contribution in [3.05, 3.63) is 41.2 Å². The molecule has 0 aliphatic heterocycles. The first kappa shape index (κ1) is 10.1. The van der Waals surface area contributed by atoms with Crippen molar-refractivity contribution in [3.8, 4) is 5.69 Å². The zero-order chi connectivity index (χ0) is 10.8. The number of rotatable bonds is 2. The summed E-state index contributed by atoms with van der Waals surface area (Å²) in [4.78, 5) is 1.44. The molecular weight excluding hydrogens is 214 g/mol. The van der Waals surface area contributed by atoms with Crippen molar-refractivity contribution in [1.82, 2.24) is 15.0 Å². The molecule has 5 heteroatoms. The van der Waals surface area contributed by atoms with Gasteiger partial charge in [0.2, 0.25) is 0 Å². The quantitative estimate of drug-likeness (QED) is 0.847. The largest absolute Gasteiger partial charge is 0.387 e. The Labute approximate surface area is 92.1 Å². The molecule has 0 bridgehead atoms. The molecule has 15 heavy (non-hydrogen) atoms. The van der Waals surface area contributed by atoms with Crippen LogP contribution >= 0.6 is 11.6 Å². The number of benzene rings is 1. The van der Waals surface area contributed by atoms with Crippen LogP contribution in [-0.2, 0) is 0 Å². The van der Waals surface area contributed by atoms with Gasteiger partial charge in [-0.15, -0.1) is 0 Å². The highest BCUT2D eigenvalue weighted by Gasteiger charge is 2.07. The summed E-state index contributed by atoms with van der Waals surface area (Å²) in [5.41, 5.74) is 1.31. The molecule has 0 aliphatic rings. The molecule has 1 atom stereocenters. The highest BCUT2D eigenvalue weighted by atomic mass is 35.5. The molecule has 1 heterocycles. The van der Waals surface area contributed by atoms with Gasteiger partial charge in [0.05, 0.1) is 18.0 Å². The van der Waals surface area contributed by atoms with Crippen LogP contribution < -0.4 is 0 Å². The Morgan fingerprint density at radius 1 is 1.47 bits per heavy atom. The summed E-state index contributed by atoms with van der Waals surface area (Å²) in [6.45, 7) is 1.65. The van der Waals surface area contributed by atoms with Crippen molar-refractivity contribution in [2.45, 2.75) is 13.0 Å². The summed E-state index contributed by atoms with van der Waals surface area (Å²) in [6, 6.07) is 7.21. The number of nitrogens with zero attached hydrogens (tertiary/aromatic N) is 3. The fourth-order valence-corrected chi connectivity index (χ4v) is 1.38. The Morgan fingerprint density at radius 3 is 2.87 bits per heavy atom. The van der Waals surface area contributed by atoms with Gasteiger partial charge in [-0.3, -0.25) is 0 Å². The third-order valence-electron chi connectivity index (χ3n) is 1.98. The van der Waals surface area contributed by atoms with E-state index in [4.69, 9.17) is 11.6 Å². The highest BCUT2D eigenvalue weighted by molar-refractivity contribution is 6.30. The minimum atomic E-state index is -0.613. The first-order valence-electron chi connectivity index (χ1n) is 4.53. The second-order valence-corrected chi connectivity index (χ2v) is 3.65. The number of aliphatic hydroxyl groups excluding tert-OH is 1. The molecular formula is C10H10ClN3O. The average Bonchev–Trinajstić information content (AvgIpc) is 2.66. The van der Waals surface area contributed by atoms with Crippen LogP contribution in [0.5, 0.6) is 0 Å². The maximum absolute atomic E-state index is 9.30. The number of hydrogen-bond acceptors (Lipinski definition) is 3. The molecule has 1 aromatic carbocycles. The molecule has 0 amide bonds. The second kappa shape index (κ2) is 4.00. The lowest BCUT2D eigenvalue weighted by atomic mass is 10.3. The van der Waals surface area contributed by atoms with E-state index >= 15 is 0 Å². The normalized spacial score (nSPS) is 12.7. The van der Waals surface area contributed by atoms with Crippen LogP contribution in [0.2, 0.25) is 5.02 Å². The minimum Gasteiger partial charge on any atom is -0.387 e. The van der Waals surface area contributed by atoms with E-state index in [2.05, 4.69) is 10.2 Å². The predicted molar refractivity (Wildman–Crippen MR) is 57.0 cm³/mol. The molecule has 4 nitrogen and oxygen atoms in total. The number of aromatic nitrogens is 3. The van der Waals surface area contributed by atoms with Gasteiger partial charge < -0.3 is 5.11 Å². The zero-order valence-corrected chi connectivity index (χ0v) is 8.89. The minimum absolute atomic E-state index is 0.537. The lowest BCUT2D eigenvalue weighted by molar-refractivity contribution is 0.193. The number of halogens is 1. The van der Waals surface area contributed by atoms with Gasteiger partial charge in [-0.05, 0) is 25.1 Å². The summed E-state index contributed by atoms with van der Waals surface area (Å²) in [6.07, 6.45) is 0.920. The molecule has 0 spiro atoms. The van der Waals surface area contributed by atoms with Gasteiger partial charge in [0, 0.05) is 5.02 Å². The molecule has 0 fully saturated rings. The topological polar surface area (TPSA) is 50.9 Å². The van der Waals surface area contributed by atoms with Crippen molar-refractivity contribution in [1.29, 1.82) is 0 Å². The van der Waals surface area contributed by atoms with Crippen molar-refractivity contribution >= 4 is 11.6 Å². The Balaban J connectivity index is 2.37. The Kier molecular flexibility index (Phi) is 2.70. The van der Waals surface area contributed by atoms with E-state index in [1.165, 1.54) is 11.0 Å². The Morgan fingerprint density at radius 2 is 2.27 bits per heavy atom. The molecule has 0 aliphatic carbocycles. The van der Waals surface area contributed by atoms with Crippen LogP contribution in [0.1, 0.15) is 18.7 Å². The standard InChI is InChI=1S/C10H10ClN3O/c1-7(15)10-6-12-14(13-10)9-4-2-3-8(11)5-9/h2-7,15H,1H3/t7-/m1/s1. The Bertz CT molecular complexity index is 467. The van der Waals surface area contributed by atoms with Crippen LogP contribution in [0.25, 0.3) is 5.69 Å². The van der Waals surface area contributed by atoms with Gasteiger partial charge >= 0.3 is 0 Å². The molecule has 0 unspecified atom stereocenters. The smallest absolute Gasteiger partial charge is 0.111 e. The molecule has 2 rings (SSSR count). The fourth-order valence-electron chi connectivity index (χ4n) is 1.19. The molecule has 78 valence electrons.